The number of hydrogen-bond acceptors (Lipinski definition) is 3. The van der Waals surface area contributed by atoms with E-state index in [2.05, 4.69) is 24.3 Å². The van der Waals surface area contributed by atoms with Crippen LogP contribution >= 0.6 is 0 Å². The minimum absolute atomic E-state index is 0.109. The van der Waals surface area contributed by atoms with Gasteiger partial charge in [-0.2, -0.15) is 0 Å². The van der Waals surface area contributed by atoms with Gasteiger partial charge < -0.3 is 15.2 Å². The van der Waals surface area contributed by atoms with E-state index in [4.69, 9.17) is 15.2 Å². The van der Waals surface area contributed by atoms with Crippen molar-refractivity contribution < 1.29 is 9.47 Å². The molecular formula is C18H19NO2. The molecular weight excluding hydrogens is 262 g/mol. The first-order chi connectivity index (χ1) is 10.3. The van der Waals surface area contributed by atoms with Gasteiger partial charge >= 0.3 is 0 Å². The summed E-state index contributed by atoms with van der Waals surface area (Å²) in [4.78, 5) is 0. The van der Waals surface area contributed by atoms with Gasteiger partial charge in [0.15, 0.2) is 0 Å². The number of rotatable bonds is 3. The third kappa shape index (κ3) is 2.38. The average molecular weight is 281 g/mol. The zero-order valence-corrected chi connectivity index (χ0v) is 11.9. The molecule has 0 saturated carbocycles. The van der Waals surface area contributed by atoms with Crippen LogP contribution in [0.3, 0.4) is 0 Å². The largest absolute Gasteiger partial charge is 0.490 e. The van der Waals surface area contributed by atoms with Crippen molar-refractivity contribution >= 4 is 0 Å². The van der Waals surface area contributed by atoms with Crippen molar-refractivity contribution in [1.82, 2.24) is 0 Å². The van der Waals surface area contributed by atoms with Gasteiger partial charge in [0.2, 0.25) is 0 Å². The van der Waals surface area contributed by atoms with Gasteiger partial charge in [-0.25, -0.2) is 0 Å². The number of benzene rings is 2. The Morgan fingerprint density at radius 2 is 2.05 bits per heavy atom. The Hall–Kier alpha value is -2.00. The molecule has 2 N–H and O–H groups in total. The maximum Gasteiger partial charge on any atom is 0.137 e. The maximum atomic E-state index is 6.06. The summed E-state index contributed by atoms with van der Waals surface area (Å²) in [7, 11) is 0. The molecule has 2 aromatic rings. The Kier molecular flexibility index (Phi) is 3.08. The summed E-state index contributed by atoms with van der Waals surface area (Å²) >= 11 is 0. The summed E-state index contributed by atoms with van der Waals surface area (Å²) in [5.41, 5.74) is 9.93. The van der Waals surface area contributed by atoms with Crippen LogP contribution in [0.25, 0.3) is 0 Å². The van der Waals surface area contributed by atoms with Crippen LogP contribution in [0.5, 0.6) is 11.5 Å². The predicted octanol–water partition coefficient (Wildman–Crippen LogP) is 3.02. The fourth-order valence-corrected chi connectivity index (χ4v) is 3.25. The molecule has 1 heterocycles. The van der Waals surface area contributed by atoms with Crippen LogP contribution in [0.1, 0.15) is 29.2 Å². The minimum Gasteiger partial charge on any atom is -0.490 e. The van der Waals surface area contributed by atoms with E-state index < -0.39 is 0 Å². The number of ether oxygens (including phenoxy) is 2. The highest BCUT2D eigenvalue weighted by Crippen LogP contribution is 2.32. The summed E-state index contributed by atoms with van der Waals surface area (Å²) in [5.74, 6) is 1.91. The van der Waals surface area contributed by atoms with Crippen LogP contribution in [0.4, 0.5) is 0 Å². The Labute approximate surface area is 124 Å². The zero-order chi connectivity index (χ0) is 14.2. The molecule has 4 rings (SSSR count). The van der Waals surface area contributed by atoms with Crippen LogP contribution in [0.2, 0.25) is 0 Å². The molecule has 2 aromatic carbocycles. The second-order valence-corrected chi connectivity index (χ2v) is 5.87. The number of para-hydroxylation sites is 1. The van der Waals surface area contributed by atoms with Crippen molar-refractivity contribution in [3.8, 4) is 11.5 Å². The molecule has 2 aliphatic rings. The van der Waals surface area contributed by atoms with Crippen molar-refractivity contribution in [3.63, 3.8) is 0 Å². The van der Waals surface area contributed by atoms with Gasteiger partial charge in [0.05, 0.1) is 0 Å². The highest BCUT2D eigenvalue weighted by Gasteiger charge is 2.23. The molecule has 3 nitrogen and oxygen atoms in total. The molecule has 1 unspecified atom stereocenters. The Bertz CT molecular complexity index is 643. The molecule has 21 heavy (non-hydrogen) atoms. The van der Waals surface area contributed by atoms with E-state index in [9.17, 15) is 0 Å². The lowest BCUT2D eigenvalue weighted by Crippen LogP contribution is -2.22. The summed E-state index contributed by atoms with van der Waals surface area (Å²) in [6.07, 6.45) is 3.13. The third-order valence-corrected chi connectivity index (χ3v) is 4.39. The predicted molar refractivity (Wildman–Crippen MR) is 81.7 cm³/mol. The lowest BCUT2D eigenvalue weighted by molar-refractivity contribution is 0.148. The minimum atomic E-state index is 0.109. The lowest BCUT2D eigenvalue weighted by Gasteiger charge is -2.13. The normalized spacial score (nSPS) is 22.5. The molecule has 0 fully saturated rings. The molecule has 0 spiro atoms. The van der Waals surface area contributed by atoms with Gasteiger partial charge in [-0.15, -0.1) is 0 Å². The Morgan fingerprint density at radius 3 is 2.95 bits per heavy atom. The first-order valence-corrected chi connectivity index (χ1v) is 7.55. The lowest BCUT2D eigenvalue weighted by atomic mass is 10.1. The summed E-state index contributed by atoms with van der Waals surface area (Å²) in [6, 6.07) is 14.6. The number of aryl methyl sites for hydroxylation is 1. The fraction of sp³-hybridized carbons (Fsp3) is 0.333. The van der Waals surface area contributed by atoms with Gasteiger partial charge in [-0.3, -0.25) is 0 Å². The van der Waals surface area contributed by atoms with Crippen molar-refractivity contribution in [1.29, 1.82) is 0 Å². The molecule has 0 saturated heterocycles. The van der Waals surface area contributed by atoms with Gasteiger partial charge in [0, 0.05) is 12.5 Å². The molecule has 0 aromatic heterocycles. The maximum absolute atomic E-state index is 6.06. The highest BCUT2D eigenvalue weighted by atomic mass is 16.5. The first-order valence-electron chi connectivity index (χ1n) is 7.55. The number of nitrogens with two attached hydrogens (primary N) is 1. The molecule has 2 atom stereocenters. The SMILES string of the molecule is N[C@@H]1CCc2cc(OCC3Cc4ccccc4O3)ccc21. The van der Waals surface area contributed by atoms with E-state index >= 15 is 0 Å². The van der Waals surface area contributed by atoms with E-state index in [1.807, 2.05) is 18.2 Å². The van der Waals surface area contributed by atoms with E-state index in [1.165, 1.54) is 16.7 Å². The van der Waals surface area contributed by atoms with Crippen LogP contribution in [-0.4, -0.2) is 12.7 Å². The molecule has 1 aliphatic carbocycles. The second-order valence-electron chi connectivity index (χ2n) is 5.87. The molecule has 0 bridgehead atoms. The topological polar surface area (TPSA) is 44.5 Å². The number of fused-ring (bicyclic) bond motifs is 2. The summed E-state index contributed by atoms with van der Waals surface area (Å²) in [5, 5.41) is 0. The molecule has 108 valence electrons. The number of hydrogen-bond donors (Lipinski definition) is 1. The smallest absolute Gasteiger partial charge is 0.137 e. The first kappa shape index (κ1) is 12.7. The van der Waals surface area contributed by atoms with Gasteiger partial charge in [0.1, 0.15) is 24.2 Å². The molecule has 0 amide bonds. The summed E-state index contributed by atoms with van der Waals surface area (Å²) < 4.78 is 11.8. The van der Waals surface area contributed by atoms with E-state index in [-0.39, 0.29) is 12.1 Å². The van der Waals surface area contributed by atoms with E-state index in [0.29, 0.717) is 6.61 Å². The molecule has 0 radical (unpaired) electrons. The fourth-order valence-electron chi connectivity index (χ4n) is 3.25. The van der Waals surface area contributed by atoms with E-state index in [1.54, 1.807) is 0 Å². The van der Waals surface area contributed by atoms with Crippen molar-refractivity contribution in [2.45, 2.75) is 31.4 Å². The second kappa shape index (κ2) is 5.08. The van der Waals surface area contributed by atoms with Crippen LogP contribution < -0.4 is 15.2 Å². The molecule has 3 heteroatoms. The van der Waals surface area contributed by atoms with E-state index in [0.717, 1.165) is 30.8 Å². The van der Waals surface area contributed by atoms with Crippen LogP contribution in [0, 0.1) is 0 Å². The summed E-state index contributed by atoms with van der Waals surface area (Å²) in [6.45, 7) is 0.583. The quantitative estimate of drug-likeness (QED) is 0.940. The van der Waals surface area contributed by atoms with Crippen LogP contribution in [0.15, 0.2) is 42.5 Å². The Balaban J connectivity index is 1.40. The van der Waals surface area contributed by atoms with Crippen LogP contribution in [-0.2, 0) is 12.8 Å². The third-order valence-electron chi connectivity index (χ3n) is 4.39. The monoisotopic (exact) mass is 281 g/mol. The standard InChI is InChI=1S/C18H19NO2/c19-17-8-5-12-9-14(6-7-16(12)17)20-11-15-10-13-3-1-2-4-18(13)21-15/h1-4,6-7,9,15,17H,5,8,10-11,19H2/t15?,17-/m1/s1. The zero-order valence-electron chi connectivity index (χ0n) is 11.9. The van der Waals surface area contributed by atoms with Crippen molar-refractivity contribution in [2.24, 2.45) is 5.73 Å². The average Bonchev–Trinajstić information content (AvgIpc) is 3.08. The van der Waals surface area contributed by atoms with Gasteiger partial charge in [-0.05, 0) is 47.7 Å². The van der Waals surface area contributed by atoms with Gasteiger partial charge in [-0.1, -0.05) is 24.3 Å². The van der Waals surface area contributed by atoms with Gasteiger partial charge in [0.25, 0.3) is 0 Å². The van der Waals surface area contributed by atoms with Crippen molar-refractivity contribution in [2.75, 3.05) is 6.61 Å². The Morgan fingerprint density at radius 1 is 1.14 bits per heavy atom. The van der Waals surface area contributed by atoms with Crippen molar-refractivity contribution in [3.05, 3.63) is 59.2 Å². The molecule has 1 aliphatic heterocycles. The highest BCUT2D eigenvalue weighted by molar-refractivity contribution is 5.41.